The van der Waals surface area contributed by atoms with Crippen molar-refractivity contribution in [1.29, 1.82) is 0 Å². The van der Waals surface area contributed by atoms with Crippen molar-refractivity contribution in [3.63, 3.8) is 0 Å². The molecule has 0 radical (unpaired) electrons. The largest absolute Gasteiger partial charge is 0.384 e. The molecule has 1 aromatic carbocycles. The number of hydrogen-bond acceptors (Lipinski definition) is 4. The highest BCUT2D eigenvalue weighted by Gasteiger charge is 2.00. The van der Waals surface area contributed by atoms with Gasteiger partial charge >= 0.3 is 0 Å². The molecule has 2 rings (SSSR count). The fraction of sp³-hybridized carbons (Fsp3) is 0.286. The summed E-state index contributed by atoms with van der Waals surface area (Å²) >= 11 is 5.10. The predicted octanol–water partition coefficient (Wildman–Crippen LogP) is 4.06. The van der Waals surface area contributed by atoms with Crippen LogP contribution in [0.25, 0.3) is 0 Å². The van der Waals surface area contributed by atoms with Crippen LogP contribution in [0.3, 0.4) is 0 Å². The molecular weight excluding hydrogens is 322 g/mol. The maximum Gasteiger partial charge on any atom is 0.188 e. The van der Waals surface area contributed by atoms with E-state index < -0.39 is 0 Å². The first-order valence-corrected chi connectivity index (χ1v) is 7.86. The second-order valence-electron chi connectivity index (χ2n) is 4.22. The Kier molecular flexibility index (Phi) is 5.22. The second-order valence-corrected chi connectivity index (χ2v) is 6.19. The molecule has 0 aliphatic heterocycles. The van der Waals surface area contributed by atoms with Crippen molar-refractivity contribution in [1.82, 2.24) is 9.97 Å². The molecule has 1 aromatic heterocycles. The second kappa shape index (κ2) is 6.91. The van der Waals surface area contributed by atoms with Gasteiger partial charge in [0.15, 0.2) is 5.16 Å². The van der Waals surface area contributed by atoms with E-state index in [1.165, 1.54) is 0 Å². The summed E-state index contributed by atoms with van der Waals surface area (Å²) in [6.45, 7) is 4.89. The summed E-state index contributed by atoms with van der Waals surface area (Å²) < 4.78 is 1.09. The maximum absolute atomic E-state index is 4.41. The van der Waals surface area contributed by atoms with Crippen molar-refractivity contribution in [2.45, 2.75) is 19.0 Å². The molecule has 3 nitrogen and oxygen atoms in total. The summed E-state index contributed by atoms with van der Waals surface area (Å²) in [6.07, 6.45) is 0. The van der Waals surface area contributed by atoms with E-state index in [1.54, 1.807) is 11.8 Å². The minimum Gasteiger partial charge on any atom is -0.384 e. The first kappa shape index (κ1) is 14.3. The number of nitrogens with one attached hydrogen (secondary N) is 1. The number of hydrogen-bond donors (Lipinski definition) is 1. The summed E-state index contributed by atoms with van der Waals surface area (Å²) in [5.74, 6) is 0.943. The van der Waals surface area contributed by atoms with Gasteiger partial charge in [-0.15, -0.1) is 0 Å². The summed E-state index contributed by atoms with van der Waals surface area (Å²) in [5, 5.41) is 4.23. The van der Waals surface area contributed by atoms with Crippen molar-refractivity contribution in [3.8, 4) is 0 Å². The summed E-state index contributed by atoms with van der Waals surface area (Å²) in [5.41, 5.74) is 3.18. The SMILES string of the molecule is Cc1cc(C)nc(SCCNc2ccc(Br)cc2)n1. The molecule has 0 saturated heterocycles. The van der Waals surface area contributed by atoms with Gasteiger partial charge in [0.1, 0.15) is 0 Å². The lowest BCUT2D eigenvalue weighted by atomic mass is 10.3. The fourth-order valence-electron chi connectivity index (χ4n) is 1.66. The number of halogens is 1. The molecular formula is C14H16BrN3S. The van der Waals surface area contributed by atoms with Crippen LogP contribution in [0.15, 0.2) is 40.0 Å². The maximum atomic E-state index is 4.41. The topological polar surface area (TPSA) is 37.8 Å². The Morgan fingerprint density at radius 1 is 1.11 bits per heavy atom. The zero-order chi connectivity index (χ0) is 13.7. The van der Waals surface area contributed by atoms with Crippen molar-refractivity contribution in [2.24, 2.45) is 0 Å². The molecule has 0 spiro atoms. The Hall–Kier alpha value is -1.07. The molecule has 2 aromatic rings. The molecule has 19 heavy (non-hydrogen) atoms. The van der Waals surface area contributed by atoms with E-state index in [9.17, 15) is 0 Å². The Morgan fingerprint density at radius 3 is 2.37 bits per heavy atom. The highest BCUT2D eigenvalue weighted by molar-refractivity contribution is 9.10. The Labute approximate surface area is 126 Å². The third-order valence-corrected chi connectivity index (χ3v) is 3.85. The number of anilines is 1. The van der Waals surface area contributed by atoms with E-state index in [4.69, 9.17) is 0 Å². The van der Waals surface area contributed by atoms with Gasteiger partial charge in [0, 0.05) is 33.8 Å². The minimum atomic E-state index is 0.857. The van der Waals surface area contributed by atoms with E-state index in [0.717, 1.165) is 39.0 Å². The van der Waals surface area contributed by atoms with E-state index in [1.807, 2.05) is 32.0 Å². The standard InChI is InChI=1S/C14H16BrN3S/c1-10-9-11(2)18-14(17-10)19-8-7-16-13-5-3-12(15)4-6-13/h3-6,9,16H,7-8H2,1-2H3. The van der Waals surface area contributed by atoms with Crippen LogP contribution in [0.2, 0.25) is 0 Å². The van der Waals surface area contributed by atoms with Crippen LogP contribution in [-0.2, 0) is 0 Å². The van der Waals surface area contributed by atoms with Crippen LogP contribution < -0.4 is 5.32 Å². The first-order chi connectivity index (χ1) is 9.13. The van der Waals surface area contributed by atoms with Crippen LogP contribution in [0.1, 0.15) is 11.4 Å². The van der Waals surface area contributed by atoms with Crippen molar-refractivity contribution < 1.29 is 0 Å². The van der Waals surface area contributed by atoms with E-state index in [0.29, 0.717) is 0 Å². The van der Waals surface area contributed by atoms with Gasteiger partial charge in [0.2, 0.25) is 0 Å². The molecule has 1 heterocycles. The summed E-state index contributed by atoms with van der Waals surface area (Å²) in [6, 6.07) is 10.2. The number of nitrogens with zero attached hydrogens (tertiary/aromatic N) is 2. The average molecular weight is 338 g/mol. The van der Waals surface area contributed by atoms with Gasteiger partial charge in [0.25, 0.3) is 0 Å². The third kappa shape index (κ3) is 4.84. The molecule has 100 valence electrons. The smallest absolute Gasteiger partial charge is 0.188 e. The van der Waals surface area contributed by atoms with Gasteiger partial charge < -0.3 is 5.32 Å². The molecule has 0 amide bonds. The molecule has 1 N–H and O–H groups in total. The average Bonchev–Trinajstić information content (AvgIpc) is 2.36. The van der Waals surface area contributed by atoms with Gasteiger partial charge in [-0.25, -0.2) is 9.97 Å². The van der Waals surface area contributed by atoms with E-state index >= 15 is 0 Å². The zero-order valence-corrected chi connectivity index (χ0v) is 13.4. The Bertz CT molecular complexity index is 523. The van der Waals surface area contributed by atoms with Gasteiger partial charge in [-0.05, 0) is 44.2 Å². The van der Waals surface area contributed by atoms with Crippen molar-refractivity contribution in [2.75, 3.05) is 17.6 Å². The molecule has 0 aliphatic carbocycles. The van der Waals surface area contributed by atoms with E-state index in [-0.39, 0.29) is 0 Å². The van der Waals surface area contributed by atoms with Crippen LogP contribution in [-0.4, -0.2) is 22.3 Å². The quantitative estimate of drug-likeness (QED) is 0.507. The molecule has 0 fully saturated rings. The predicted molar refractivity (Wildman–Crippen MR) is 84.9 cm³/mol. The molecule has 0 aliphatic rings. The van der Waals surface area contributed by atoms with E-state index in [2.05, 4.69) is 43.3 Å². The minimum absolute atomic E-state index is 0.857. The Balaban J connectivity index is 1.79. The van der Waals surface area contributed by atoms with Crippen LogP contribution >= 0.6 is 27.7 Å². The van der Waals surface area contributed by atoms with Crippen LogP contribution in [0.4, 0.5) is 5.69 Å². The van der Waals surface area contributed by atoms with Crippen LogP contribution in [0, 0.1) is 13.8 Å². The third-order valence-electron chi connectivity index (χ3n) is 2.47. The lowest BCUT2D eigenvalue weighted by Gasteiger charge is -2.06. The van der Waals surface area contributed by atoms with Crippen LogP contribution in [0.5, 0.6) is 0 Å². The van der Waals surface area contributed by atoms with Gasteiger partial charge in [-0.3, -0.25) is 0 Å². The lowest BCUT2D eigenvalue weighted by Crippen LogP contribution is -2.04. The first-order valence-electron chi connectivity index (χ1n) is 6.08. The summed E-state index contributed by atoms with van der Waals surface area (Å²) in [7, 11) is 0. The zero-order valence-electron chi connectivity index (χ0n) is 11.0. The van der Waals surface area contributed by atoms with Gasteiger partial charge in [-0.2, -0.15) is 0 Å². The number of aromatic nitrogens is 2. The fourth-order valence-corrected chi connectivity index (χ4v) is 2.73. The number of benzene rings is 1. The molecule has 5 heteroatoms. The van der Waals surface area contributed by atoms with Crippen molar-refractivity contribution >= 4 is 33.4 Å². The summed E-state index contributed by atoms with van der Waals surface area (Å²) in [4.78, 5) is 8.82. The highest BCUT2D eigenvalue weighted by atomic mass is 79.9. The molecule has 0 unspecified atom stereocenters. The number of aryl methyl sites for hydroxylation is 2. The molecule has 0 atom stereocenters. The molecule has 0 bridgehead atoms. The highest BCUT2D eigenvalue weighted by Crippen LogP contribution is 2.16. The monoisotopic (exact) mass is 337 g/mol. The van der Waals surface area contributed by atoms with Gasteiger partial charge in [-0.1, -0.05) is 27.7 Å². The van der Waals surface area contributed by atoms with Gasteiger partial charge in [0.05, 0.1) is 0 Å². The number of thioether (sulfide) groups is 1. The Morgan fingerprint density at radius 2 is 1.74 bits per heavy atom. The number of rotatable bonds is 5. The molecule has 0 saturated carbocycles. The lowest BCUT2D eigenvalue weighted by molar-refractivity contribution is 0.902. The normalized spacial score (nSPS) is 10.5. The van der Waals surface area contributed by atoms with Crippen molar-refractivity contribution in [3.05, 3.63) is 46.2 Å².